The van der Waals surface area contributed by atoms with Crippen LogP contribution in [0.4, 0.5) is 0 Å². The number of aryl methyl sites for hydroxylation is 1. The van der Waals surface area contributed by atoms with E-state index in [4.69, 9.17) is 11.6 Å². The zero-order valence-corrected chi connectivity index (χ0v) is 10.6. The minimum absolute atomic E-state index is 0.0995. The van der Waals surface area contributed by atoms with Crippen LogP contribution in [0.15, 0.2) is 18.2 Å². The molecule has 0 spiro atoms. The summed E-state index contributed by atoms with van der Waals surface area (Å²) in [5, 5.41) is 8.42. The minimum atomic E-state index is -0.0995. The van der Waals surface area contributed by atoms with Crippen molar-refractivity contribution in [1.82, 2.24) is 15.0 Å². The lowest BCUT2D eigenvalue weighted by atomic mass is 10.2. The van der Waals surface area contributed by atoms with E-state index in [1.54, 1.807) is 17.7 Å². The smallest absolute Gasteiger partial charge is 0.181 e. The highest BCUT2D eigenvalue weighted by Gasteiger charge is 2.15. The molecule has 1 heterocycles. The SMILES string of the molecule is CC(=O)c1nnn(-c2cc(C)ccc2Cl)c1C. The van der Waals surface area contributed by atoms with Crippen LogP contribution in [0.25, 0.3) is 5.69 Å². The summed E-state index contributed by atoms with van der Waals surface area (Å²) < 4.78 is 1.59. The van der Waals surface area contributed by atoms with Crippen molar-refractivity contribution >= 4 is 17.4 Å². The van der Waals surface area contributed by atoms with Crippen molar-refractivity contribution in [1.29, 1.82) is 0 Å². The third kappa shape index (κ3) is 2.08. The summed E-state index contributed by atoms with van der Waals surface area (Å²) in [6.07, 6.45) is 0. The first-order valence-electron chi connectivity index (χ1n) is 5.20. The van der Waals surface area contributed by atoms with E-state index in [0.29, 0.717) is 16.4 Å². The molecule has 1 aromatic carbocycles. The van der Waals surface area contributed by atoms with Crippen LogP contribution in [0.3, 0.4) is 0 Å². The molecule has 0 amide bonds. The normalized spacial score (nSPS) is 10.6. The van der Waals surface area contributed by atoms with Gasteiger partial charge >= 0.3 is 0 Å². The number of carbonyl (C=O) groups is 1. The molecule has 0 unspecified atom stereocenters. The highest BCUT2D eigenvalue weighted by Crippen LogP contribution is 2.22. The van der Waals surface area contributed by atoms with E-state index < -0.39 is 0 Å². The van der Waals surface area contributed by atoms with Crippen LogP contribution in [-0.2, 0) is 0 Å². The number of rotatable bonds is 2. The lowest BCUT2D eigenvalue weighted by Crippen LogP contribution is -2.02. The van der Waals surface area contributed by atoms with E-state index in [-0.39, 0.29) is 5.78 Å². The number of halogens is 1. The van der Waals surface area contributed by atoms with Crippen molar-refractivity contribution in [2.24, 2.45) is 0 Å². The molecule has 17 heavy (non-hydrogen) atoms. The molecule has 0 aliphatic rings. The van der Waals surface area contributed by atoms with Gasteiger partial charge in [0.1, 0.15) is 0 Å². The maximum absolute atomic E-state index is 11.3. The van der Waals surface area contributed by atoms with Crippen LogP contribution in [-0.4, -0.2) is 20.8 Å². The second-order valence-corrected chi connectivity index (χ2v) is 4.35. The second-order valence-electron chi connectivity index (χ2n) is 3.95. The lowest BCUT2D eigenvalue weighted by Gasteiger charge is -2.06. The van der Waals surface area contributed by atoms with E-state index in [0.717, 1.165) is 11.3 Å². The fourth-order valence-electron chi connectivity index (χ4n) is 1.67. The van der Waals surface area contributed by atoms with Gasteiger partial charge in [-0.1, -0.05) is 22.9 Å². The predicted octanol–water partition coefficient (Wildman–Crippen LogP) is 2.74. The van der Waals surface area contributed by atoms with Crippen LogP contribution in [0, 0.1) is 13.8 Å². The van der Waals surface area contributed by atoms with Crippen molar-refractivity contribution in [2.75, 3.05) is 0 Å². The number of Topliss-reactive ketones (excluding diaryl/α,β-unsaturated/α-hetero) is 1. The highest BCUT2D eigenvalue weighted by atomic mass is 35.5. The maximum atomic E-state index is 11.3. The Balaban J connectivity index is 2.61. The summed E-state index contributed by atoms with van der Waals surface area (Å²) in [7, 11) is 0. The van der Waals surface area contributed by atoms with Gasteiger partial charge < -0.3 is 0 Å². The molecular formula is C12H12ClN3O. The van der Waals surface area contributed by atoms with E-state index in [1.807, 2.05) is 19.1 Å². The van der Waals surface area contributed by atoms with Crippen LogP contribution in [0.5, 0.6) is 0 Å². The minimum Gasteiger partial charge on any atom is -0.293 e. The van der Waals surface area contributed by atoms with Gasteiger partial charge in [-0.05, 0) is 31.5 Å². The molecule has 4 nitrogen and oxygen atoms in total. The molecule has 1 aromatic heterocycles. The van der Waals surface area contributed by atoms with Gasteiger partial charge in [-0.2, -0.15) is 0 Å². The van der Waals surface area contributed by atoms with Crippen molar-refractivity contribution < 1.29 is 4.79 Å². The molecule has 0 fully saturated rings. The average molecular weight is 250 g/mol. The van der Waals surface area contributed by atoms with Gasteiger partial charge in [0.25, 0.3) is 0 Å². The summed E-state index contributed by atoms with van der Waals surface area (Å²) in [5.74, 6) is -0.0995. The molecule has 5 heteroatoms. The van der Waals surface area contributed by atoms with Crippen molar-refractivity contribution in [2.45, 2.75) is 20.8 Å². The quantitative estimate of drug-likeness (QED) is 0.769. The average Bonchev–Trinajstić information content (AvgIpc) is 2.64. The fraction of sp³-hybridized carbons (Fsp3) is 0.250. The number of hydrogen-bond donors (Lipinski definition) is 0. The number of ketones is 1. The van der Waals surface area contributed by atoms with Gasteiger partial charge in [-0.3, -0.25) is 4.79 Å². The standard InChI is InChI=1S/C12H12ClN3O/c1-7-4-5-10(13)11(6-7)16-8(2)12(9(3)17)14-15-16/h4-6H,1-3H3. The zero-order valence-electron chi connectivity index (χ0n) is 9.86. The predicted molar refractivity (Wildman–Crippen MR) is 65.8 cm³/mol. The number of benzene rings is 1. The molecule has 0 radical (unpaired) electrons. The second kappa shape index (κ2) is 4.30. The monoisotopic (exact) mass is 249 g/mol. The van der Waals surface area contributed by atoms with E-state index in [2.05, 4.69) is 10.3 Å². The van der Waals surface area contributed by atoms with E-state index >= 15 is 0 Å². The van der Waals surface area contributed by atoms with Gasteiger partial charge in [0.05, 0.1) is 16.4 Å². The Kier molecular flexibility index (Phi) is 2.98. The molecule has 0 aliphatic carbocycles. The summed E-state index contributed by atoms with van der Waals surface area (Å²) in [5.41, 5.74) is 2.89. The van der Waals surface area contributed by atoms with Crippen molar-refractivity contribution in [3.8, 4) is 5.69 Å². The molecule has 0 bridgehead atoms. The van der Waals surface area contributed by atoms with E-state index in [9.17, 15) is 4.79 Å². The Labute approximate surface area is 104 Å². The molecule has 88 valence electrons. The van der Waals surface area contributed by atoms with Crippen LogP contribution < -0.4 is 0 Å². The fourth-order valence-corrected chi connectivity index (χ4v) is 1.87. The van der Waals surface area contributed by atoms with Crippen LogP contribution in [0.1, 0.15) is 28.7 Å². The molecule has 0 saturated heterocycles. The Morgan fingerprint density at radius 2 is 2.06 bits per heavy atom. The molecule has 0 saturated carbocycles. The Morgan fingerprint density at radius 1 is 1.35 bits per heavy atom. The third-order valence-electron chi connectivity index (χ3n) is 2.56. The van der Waals surface area contributed by atoms with Crippen LogP contribution in [0.2, 0.25) is 5.02 Å². The largest absolute Gasteiger partial charge is 0.293 e. The Hall–Kier alpha value is -1.68. The summed E-state index contributed by atoms with van der Waals surface area (Å²) in [6.45, 7) is 5.24. The zero-order chi connectivity index (χ0) is 12.6. The Bertz CT molecular complexity index is 589. The topological polar surface area (TPSA) is 47.8 Å². The number of hydrogen-bond acceptors (Lipinski definition) is 3. The van der Waals surface area contributed by atoms with Gasteiger partial charge in [-0.25, -0.2) is 4.68 Å². The van der Waals surface area contributed by atoms with Gasteiger partial charge in [-0.15, -0.1) is 5.10 Å². The lowest BCUT2D eigenvalue weighted by molar-refractivity contribution is 0.101. The van der Waals surface area contributed by atoms with Gasteiger partial charge in [0.2, 0.25) is 0 Å². The van der Waals surface area contributed by atoms with E-state index in [1.165, 1.54) is 6.92 Å². The molecule has 0 N–H and O–H groups in total. The molecule has 0 aliphatic heterocycles. The van der Waals surface area contributed by atoms with Crippen molar-refractivity contribution in [3.05, 3.63) is 40.2 Å². The van der Waals surface area contributed by atoms with Crippen molar-refractivity contribution in [3.63, 3.8) is 0 Å². The number of aromatic nitrogens is 3. The molecular weight excluding hydrogens is 238 g/mol. The number of carbonyl (C=O) groups excluding carboxylic acids is 1. The Morgan fingerprint density at radius 3 is 2.65 bits per heavy atom. The summed E-state index contributed by atoms with van der Waals surface area (Å²) in [6, 6.07) is 5.64. The van der Waals surface area contributed by atoms with Gasteiger partial charge in [0.15, 0.2) is 11.5 Å². The molecule has 2 aromatic rings. The molecule has 0 atom stereocenters. The summed E-state index contributed by atoms with van der Waals surface area (Å²) >= 11 is 6.12. The maximum Gasteiger partial charge on any atom is 0.181 e. The first kappa shape index (κ1) is 11.8. The third-order valence-corrected chi connectivity index (χ3v) is 2.88. The first-order chi connectivity index (χ1) is 8.00. The summed E-state index contributed by atoms with van der Waals surface area (Å²) in [4.78, 5) is 11.3. The number of nitrogens with zero attached hydrogens (tertiary/aromatic N) is 3. The van der Waals surface area contributed by atoms with Gasteiger partial charge in [0, 0.05) is 6.92 Å². The van der Waals surface area contributed by atoms with Crippen LogP contribution >= 0.6 is 11.6 Å². The highest BCUT2D eigenvalue weighted by molar-refractivity contribution is 6.32. The first-order valence-corrected chi connectivity index (χ1v) is 5.58. The molecule has 2 rings (SSSR count).